The summed E-state index contributed by atoms with van der Waals surface area (Å²) in [6.45, 7) is 6.34. The molecule has 4 aromatic rings. The monoisotopic (exact) mass is 498 g/mol. The van der Waals surface area contributed by atoms with Gasteiger partial charge >= 0.3 is 0 Å². The molecule has 2 aliphatic heterocycles. The van der Waals surface area contributed by atoms with Crippen LogP contribution in [0.5, 0.6) is 0 Å². The maximum atomic E-state index is 12.6. The molecule has 0 atom stereocenters. The first-order valence-corrected chi connectivity index (χ1v) is 12.7. The summed E-state index contributed by atoms with van der Waals surface area (Å²) in [6, 6.07) is 17.4. The van der Waals surface area contributed by atoms with Crippen molar-refractivity contribution in [3.8, 4) is 11.3 Å². The number of aromatic nitrogens is 1. The molecule has 7 heteroatoms. The van der Waals surface area contributed by atoms with E-state index in [4.69, 9.17) is 21.0 Å². The van der Waals surface area contributed by atoms with Crippen LogP contribution in [0.2, 0.25) is 5.02 Å². The zero-order valence-corrected chi connectivity index (χ0v) is 20.9. The number of carbonyl (C=O) groups excluding carboxylic acids is 1. The molecule has 1 saturated heterocycles. The first-order chi connectivity index (χ1) is 17.5. The lowest BCUT2D eigenvalue weighted by molar-refractivity contribution is -0.110. The third kappa shape index (κ3) is 4.38. The van der Waals surface area contributed by atoms with Crippen LogP contribution >= 0.6 is 11.6 Å². The van der Waals surface area contributed by atoms with E-state index >= 15 is 0 Å². The molecule has 0 aliphatic carbocycles. The van der Waals surface area contributed by atoms with Crippen molar-refractivity contribution in [1.29, 1.82) is 0 Å². The number of para-hydroxylation sites is 1. The minimum Gasteiger partial charge on any atom is -0.457 e. The molecule has 0 radical (unpaired) electrons. The van der Waals surface area contributed by atoms with Crippen LogP contribution < -0.4 is 10.6 Å². The average Bonchev–Trinajstić information content (AvgIpc) is 3.61. The Kier molecular flexibility index (Phi) is 5.99. The highest BCUT2D eigenvalue weighted by atomic mass is 35.5. The quantitative estimate of drug-likeness (QED) is 0.299. The summed E-state index contributed by atoms with van der Waals surface area (Å²) < 4.78 is 6.21. The van der Waals surface area contributed by atoms with Gasteiger partial charge in [0.2, 0.25) is 0 Å². The number of amides is 1. The summed E-state index contributed by atoms with van der Waals surface area (Å²) in [7, 11) is 0. The van der Waals surface area contributed by atoms with Crippen molar-refractivity contribution in [3.63, 3.8) is 0 Å². The maximum absolute atomic E-state index is 12.6. The average molecular weight is 499 g/mol. The van der Waals surface area contributed by atoms with Crippen molar-refractivity contribution in [1.82, 2.24) is 9.88 Å². The molecule has 1 amide bonds. The SMILES string of the molecule is Cc1cc(NCCN2CCCC2)c2cccc(-c3ccc(C=C4C(=O)Nc5ccc(Cl)cc54)o3)c2n1. The predicted octanol–water partition coefficient (Wildman–Crippen LogP) is 6.46. The summed E-state index contributed by atoms with van der Waals surface area (Å²) in [6.07, 6.45) is 4.36. The zero-order chi connectivity index (χ0) is 24.6. The van der Waals surface area contributed by atoms with Gasteiger partial charge in [0.15, 0.2) is 0 Å². The van der Waals surface area contributed by atoms with Gasteiger partial charge in [0, 0.05) is 51.7 Å². The van der Waals surface area contributed by atoms with E-state index in [0.717, 1.165) is 52.2 Å². The second-order valence-electron chi connectivity index (χ2n) is 9.39. The number of nitrogens with zero attached hydrogens (tertiary/aromatic N) is 2. The van der Waals surface area contributed by atoms with Gasteiger partial charge in [0.1, 0.15) is 11.5 Å². The molecule has 0 saturated carbocycles. The molecule has 2 aromatic carbocycles. The fourth-order valence-electron chi connectivity index (χ4n) is 5.10. The number of hydrogen-bond acceptors (Lipinski definition) is 5. The molecule has 2 N–H and O–H groups in total. The first-order valence-electron chi connectivity index (χ1n) is 12.3. The van der Waals surface area contributed by atoms with Crippen LogP contribution in [0.3, 0.4) is 0 Å². The number of pyridine rings is 1. The Morgan fingerprint density at radius 3 is 2.83 bits per heavy atom. The molecular formula is C29H27ClN4O2. The highest BCUT2D eigenvalue weighted by Crippen LogP contribution is 2.37. The molecule has 182 valence electrons. The number of halogens is 1. The number of nitrogens with one attached hydrogen (secondary N) is 2. The normalized spacial score (nSPS) is 16.6. The predicted molar refractivity (Wildman–Crippen MR) is 146 cm³/mol. The van der Waals surface area contributed by atoms with Crippen LogP contribution in [0.25, 0.3) is 33.9 Å². The largest absolute Gasteiger partial charge is 0.457 e. The van der Waals surface area contributed by atoms with Crippen LogP contribution in [0.15, 0.2) is 59.0 Å². The Hall–Kier alpha value is -3.61. The lowest BCUT2D eigenvalue weighted by Crippen LogP contribution is -2.26. The molecule has 0 unspecified atom stereocenters. The van der Waals surface area contributed by atoms with Crippen molar-refractivity contribution in [3.05, 3.63) is 76.6 Å². The minimum absolute atomic E-state index is 0.169. The van der Waals surface area contributed by atoms with E-state index in [1.807, 2.05) is 37.3 Å². The van der Waals surface area contributed by atoms with E-state index in [-0.39, 0.29) is 5.91 Å². The van der Waals surface area contributed by atoms with E-state index in [1.165, 1.54) is 25.9 Å². The van der Waals surface area contributed by atoms with Gasteiger partial charge in [0.05, 0.1) is 11.1 Å². The molecule has 2 aliphatic rings. The molecular weight excluding hydrogens is 472 g/mol. The van der Waals surface area contributed by atoms with Crippen LogP contribution in [0.4, 0.5) is 11.4 Å². The van der Waals surface area contributed by atoms with Crippen molar-refractivity contribution >= 4 is 51.4 Å². The van der Waals surface area contributed by atoms with Crippen LogP contribution in [-0.2, 0) is 4.79 Å². The van der Waals surface area contributed by atoms with E-state index < -0.39 is 0 Å². The van der Waals surface area contributed by atoms with E-state index in [1.54, 1.807) is 18.2 Å². The van der Waals surface area contributed by atoms with Crippen LogP contribution in [0.1, 0.15) is 29.9 Å². The third-order valence-corrected chi connectivity index (χ3v) is 7.09. The van der Waals surface area contributed by atoms with Gasteiger partial charge in [-0.05, 0) is 81.4 Å². The minimum atomic E-state index is -0.169. The molecule has 0 bridgehead atoms. The lowest BCUT2D eigenvalue weighted by Gasteiger charge is -2.17. The molecule has 2 aromatic heterocycles. The number of fused-ring (bicyclic) bond motifs is 2. The topological polar surface area (TPSA) is 70.4 Å². The molecule has 0 spiro atoms. The second-order valence-corrected chi connectivity index (χ2v) is 9.83. The van der Waals surface area contributed by atoms with Crippen LogP contribution in [-0.4, -0.2) is 42.0 Å². The molecule has 36 heavy (non-hydrogen) atoms. The Labute approximate surface area is 215 Å². The molecule has 4 heterocycles. The Bertz CT molecular complexity index is 1500. The smallest absolute Gasteiger partial charge is 0.256 e. The zero-order valence-electron chi connectivity index (χ0n) is 20.1. The highest BCUT2D eigenvalue weighted by molar-refractivity contribution is 6.36. The van der Waals surface area contributed by atoms with Crippen molar-refractivity contribution in [2.75, 3.05) is 36.8 Å². The third-order valence-electron chi connectivity index (χ3n) is 6.85. The number of hydrogen-bond donors (Lipinski definition) is 2. The van der Waals surface area contributed by atoms with E-state index in [9.17, 15) is 4.79 Å². The van der Waals surface area contributed by atoms with Gasteiger partial charge < -0.3 is 20.0 Å². The van der Waals surface area contributed by atoms with Gasteiger partial charge in [-0.15, -0.1) is 0 Å². The van der Waals surface area contributed by atoms with Crippen molar-refractivity contribution < 1.29 is 9.21 Å². The van der Waals surface area contributed by atoms with Gasteiger partial charge in [0.25, 0.3) is 5.91 Å². The fraction of sp³-hybridized carbons (Fsp3) is 0.241. The number of likely N-dealkylation sites (tertiary alicyclic amines) is 1. The Morgan fingerprint density at radius 2 is 1.97 bits per heavy atom. The number of aryl methyl sites for hydroxylation is 1. The van der Waals surface area contributed by atoms with E-state index in [2.05, 4.69) is 27.7 Å². The lowest BCUT2D eigenvalue weighted by atomic mass is 10.1. The number of carbonyl (C=O) groups is 1. The first kappa shape index (κ1) is 22.8. The standard InChI is InChI=1S/C29H27ClN4O2/c1-18-15-26(31-11-14-34-12-2-3-13-34)21-5-4-6-22(28(21)32-18)27-10-8-20(36-27)17-24-23-16-19(30)7-9-25(23)33-29(24)35/h4-10,15-17H,2-3,11-14H2,1H3,(H,31,32)(H,33,35). The maximum Gasteiger partial charge on any atom is 0.256 e. The summed E-state index contributed by atoms with van der Waals surface area (Å²) in [5.41, 5.74) is 5.91. The second kappa shape index (κ2) is 9.45. The summed E-state index contributed by atoms with van der Waals surface area (Å²) >= 11 is 6.16. The number of rotatable bonds is 6. The van der Waals surface area contributed by atoms with E-state index in [0.29, 0.717) is 22.1 Å². The molecule has 6 nitrogen and oxygen atoms in total. The molecule has 6 rings (SSSR count). The van der Waals surface area contributed by atoms with Crippen LogP contribution in [0, 0.1) is 6.92 Å². The summed E-state index contributed by atoms with van der Waals surface area (Å²) in [5.74, 6) is 1.13. The van der Waals surface area contributed by atoms with Gasteiger partial charge in [-0.25, -0.2) is 0 Å². The van der Waals surface area contributed by atoms with Crippen molar-refractivity contribution in [2.24, 2.45) is 0 Å². The summed E-state index contributed by atoms with van der Waals surface area (Å²) in [4.78, 5) is 19.9. The number of anilines is 2. The highest BCUT2D eigenvalue weighted by Gasteiger charge is 2.25. The Balaban J connectivity index is 1.31. The molecule has 1 fully saturated rings. The number of benzene rings is 2. The van der Waals surface area contributed by atoms with Crippen molar-refractivity contribution in [2.45, 2.75) is 19.8 Å². The number of furan rings is 1. The van der Waals surface area contributed by atoms with Gasteiger partial charge in [-0.2, -0.15) is 0 Å². The Morgan fingerprint density at radius 1 is 1.11 bits per heavy atom. The van der Waals surface area contributed by atoms with Gasteiger partial charge in [-0.1, -0.05) is 23.7 Å². The fourth-order valence-corrected chi connectivity index (χ4v) is 5.27. The van der Waals surface area contributed by atoms with Gasteiger partial charge in [-0.3, -0.25) is 9.78 Å². The summed E-state index contributed by atoms with van der Waals surface area (Å²) in [5, 5.41) is 8.15.